The number of hydrogen-bond acceptors (Lipinski definition) is 6. The van der Waals surface area contributed by atoms with Gasteiger partial charge in [-0.3, -0.25) is 10.1 Å². The first-order valence-electron chi connectivity index (χ1n) is 15.1. The van der Waals surface area contributed by atoms with Crippen molar-refractivity contribution in [3.05, 3.63) is 76.8 Å². The third kappa shape index (κ3) is 7.10. The molecule has 0 aliphatic carbocycles. The molecule has 3 heterocycles. The number of benzene rings is 3. The average Bonchev–Trinajstić information content (AvgIpc) is 3.77. The number of piperidine rings is 1. The number of aryl methyl sites for hydroxylation is 1. The molecule has 0 spiro atoms. The van der Waals surface area contributed by atoms with Crippen LogP contribution in [0, 0.1) is 0 Å². The molecule has 6 rings (SSSR count). The number of fused-ring (bicyclic) bond motifs is 5. The number of rotatable bonds is 10. The number of carbonyl (C=O) groups excluding carboxylic acids is 2. The van der Waals surface area contributed by atoms with Crippen molar-refractivity contribution >= 4 is 35.0 Å². The Kier molecular flexibility index (Phi) is 10.3. The molecule has 5 atom stereocenters. The summed E-state index contributed by atoms with van der Waals surface area (Å²) in [6.07, 6.45) is 3.10. The maximum absolute atomic E-state index is 13.2. The quantitative estimate of drug-likeness (QED) is 0.167. The summed E-state index contributed by atoms with van der Waals surface area (Å²) >= 11 is 6.30. The van der Waals surface area contributed by atoms with Crippen LogP contribution in [0.25, 0.3) is 11.1 Å². The largest absolute Gasteiger partial charge is 1.00 e. The standard InChI is InChI=1S/C34H38ClN3O6.HI/c1-38(2)28-16-23(17-29(38)33-32(28)44-33)43-34(41)37-26-14-20(12-13-24(26)21-9-5-4-6-10-21)8-7-11-31(40)36-27-18-30(42-3)22(19-39)15-25(27)35;/h4-6,9-10,12-15,18,23,28-29,32-33,39H,7-8,11,16-17,19H2,1-3H3,(H-,36,37,40,41);1H/t23-,28-,29+,32-,33+;. The highest BCUT2D eigenvalue weighted by Gasteiger charge is 2.70. The third-order valence-corrected chi connectivity index (χ3v) is 9.71. The molecule has 3 aliphatic heterocycles. The van der Waals surface area contributed by atoms with Crippen molar-refractivity contribution in [3.63, 3.8) is 0 Å². The van der Waals surface area contributed by atoms with E-state index >= 15 is 0 Å². The van der Waals surface area contributed by atoms with Crippen LogP contribution in [0.15, 0.2) is 60.7 Å². The van der Waals surface area contributed by atoms with Gasteiger partial charge in [-0.1, -0.05) is 54.1 Å². The minimum Gasteiger partial charge on any atom is -1.00 e. The zero-order valence-electron chi connectivity index (χ0n) is 25.6. The molecule has 0 saturated carbocycles. The number of amides is 2. The number of carbonyl (C=O) groups is 2. The fraction of sp³-hybridized carbons (Fsp3) is 0.412. The Morgan fingerprint density at radius 3 is 2.38 bits per heavy atom. The van der Waals surface area contributed by atoms with Crippen LogP contribution in [-0.4, -0.2) is 73.2 Å². The molecule has 0 aromatic heterocycles. The van der Waals surface area contributed by atoms with Crippen LogP contribution in [-0.2, 0) is 27.3 Å². The minimum atomic E-state index is -0.454. The van der Waals surface area contributed by atoms with E-state index in [1.54, 1.807) is 12.1 Å². The zero-order chi connectivity index (χ0) is 31.0. The predicted octanol–water partition coefficient (Wildman–Crippen LogP) is 2.78. The number of methoxy groups -OCH3 is 1. The number of quaternary nitrogens is 1. The van der Waals surface area contributed by atoms with Gasteiger partial charge in [0, 0.05) is 36.5 Å². The highest BCUT2D eigenvalue weighted by atomic mass is 127. The lowest BCUT2D eigenvalue weighted by Gasteiger charge is -2.45. The monoisotopic (exact) mass is 747 g/mol. The maximum atomic E-state index is 13.2. The van der Waals surface area contributed by atoms with Crippen LogP contribution in [0.5, 0.6) is 5.75 Å². The molecule has 3 aliphatic rings. The summed E-state index contributed by atoms with van der Waals surface area (Å²) in [5, 5.41) is 15.7. The molecule has 3 aromatic rings. The average molecular weight is 748 g/mol. The van der Waals surface area contributed by atoms with Crippen molar-refractivity contribution in [1.82, 2.24) is 0 Å². The number of nitrogens with zero attached hydrogens (tertiary/aromatic N) is 1. The third-order valence-electron chi connectivity index (χ3n) is 9.40. The summed E-state index contributed by atoms with van der Waals surface area (Å²) in [6, 6.07) is 19.8. The number of likely N-dealkylation sites (N-methyl/N-ethyl adjacent to an activating group) is 1. The molecular formula is C34H39ClIN3O6. The predicted molar refractivity (Wildman–Crippen MR) is 169 cm³/mol. The topological polar surface area (TPSA) is 109 Å². The molecular weight excluding hydrogens is 709 g/mol. The fourth-order valence-electron chi connectivity index (χ4n) is 6.98. The smallest absolute Gasteiger partial charge is 0.411 e. The molecule has 2 amide bonds. The van der Waals surface area contributed by atoms with Crippen LogP contribution in [0.1, 0.15) is 36.8 Å². The van der Waals surface area contributed by atoms with Crippen LogP contribution < -0.4 is 39.3 Å². The van der Waals surface area contributed by atoms with E-state index in [0.717, 1.165) is 34.0 Å². The molecule has 9 nitrogen and oxygen atoms in total. The SMILES string of the molecule is COc1cc(NC(=O)CCCc2ccc(-c3ccccc3)c(NC(=O)O[C@@H]3C[C@@H]4[C@H]5O[C@H]5[C@H](C3)[N+]4(C)C)c2)c(Cl)cc1CO.[I-]. The zero-order valence-corrected chi connectivity index (χ0v) is 28.5. The molecule has 3 N–H and O–H groups in total. The Morgan fingerprint density at radius 1 is 1.00 bits per heavy atom. The number of anilines is 2. The van der Waals surface area contributed by atoms with Gasteiger partial charge in [-0.25, -0.2) is 4.79 Å². The first-order valence-corrected chi connectivity index (χ1v) is 15.5. The second-order valence-electron chi connectivity index (χ2n) is 12.4. The highest BCUT2D eigenvalue weighted by Crippen LogP contribution is 2.51. The Bertz CT molecular complexity index is 1530. The molecule has 3 saturated heterocycles. The number of epoxide rings is 1. The Hall–Kier alpha value is -2.90. The molecule has 11 heteroatoms. The molecule has 0 radical (unpaired) electrons. The van der Waals surface area contributed by atoms with Gasteiger partial charge in [0.1, 0.15) is 36.1 Å². The van der Waals surface area contributed by atoms with Gasteiger partial charge < -0.3 is 53.1 Å². The van der Waals surface area contributed by atoms with Crippen molar-refractivity contribution in [3.8, 4) is 16.9 Å². The van der Waals surface area contributed by atoms with E-state index in [-0.39, 0.29) is 49.0 Å². The number of morpholine rings is 1. The molecule has 0 unspecified atom stereocenters. The summed E-state index contributed by atoms with van der Waals surface area (Å²) < 4.78 is 18.1. The Morgan fingerprint density at radius 2 is 1.71 bits per heavy atom. The fourth-order valence-corrected chi connectivity index (χ4v) is 7.22. The van der Waals surface area contributed by atoms with E-state index in [2.05, 4.69) is 24.7 Å². The lowest BCUT2D eigenvalue weighted by molar-refractivity contribution is -0.938. The van der Waals surface area contributed by atoms with Gasteiger partial charge in [0.2, 0.25) is 5.91 Å². The lowest BCUT2D eigenvalue weighted by atomic mass is 9.96. The summed E-state index contributed by atoms with van der Waals surface area (Å²) in [6.45, 7) is -0.218. The lowest BCUT2D eigenvalue weighted by Crippen LogP contribution is -3.00. The van der Waals surface area contributed by atoms with Gasteiger partial charge in [-0.05, 0) is 36.1 Å². The van der Waals surface area contributed by atoms with Gasteiger partial charge in [-0.15, -0.1) is 0 Å². The Labute approximate surface area is 285 Å². The normalized spacial score (nSPS) is 23.7. The van der Waals surface area contributed by atoms with Gasteiger partial charge >= 0.3 is 6.09 Å². The van der Waals surface area contributed by atoms with E-state index in [0.29, 0.717) is 64.8 Å². The molecule has 2 bridgehead atoms. The number of aliphatic hydroxyl groups is 1. The summed E-state index contributed by atoms with van der Waals surface area (Å²) in [5.74, 6) is 0.272. The molecule has 240 valence electrons. The molecule has 45 heavy (non-hydrogen) atoms. The van der Waals surface area contributed by atoms with E-state index in [9.17, 15) is 14.7 Å². The molecule has 3 fully saturated rings. The Balaban J connectivity index is 0.00000400. The number of nitrogens with one attached hydrogen (secondary N) is 2. The second-order valence-corrected chi connectivity index (χ2v) is 12.8. The van der Waals surface area contributed by atoms with E-state index < -0.39 is 6.09 Å². The van der Waals surface area contributed by atoms with Gasteiger partial charge in [0.05, 0.1) is 44.2 Å². The number of ether oxygens (including phenoxy) is 3. The van der Waals surface area contributed by atoms with Crippen molar-refractivity contribution < 1.29 is 57.4 Å². The van der Waals surface area contributed by atoms with Crippen LogP contribution in [0.4, 0.5) is 16.2 Å². The molecule has 3 aromatic carbocycles. The van der Waals surface area contributed by atoms with Gasteiger partial charge in [0.25, 0.3) is 0 Å². The van der Waals surface area contributed by atoms with E-state index in [1.807, 2.05) is 48.5 Å². The number of hydrogen-bond donors (Lipinski definition) is 3. The van der Waals surface area contributed by atoms with Gasteiger partial charge in [0.15, 0.2) is 0 Å². The van der Waals surface area contributed by atoms with Crippen molar-refractivity contribution in [2.75, 3.05) is 31.8 Å². The summed E-state index contributed by atoms with van der Waals surface area (Å²) in [5.41, 5.74) is 4.53. The van der Waals surface area contributed by atoms with Gasteiger partial charge in [-0.2, -0.15) is 0 Å². The van der Waals surface area contributed by atoms with Crippen LogP contribution in [0.3, 0.4) is 0 Å². The minimum absolute atomic E-state index is 0. The van der Waals surface area contributed by atoms with E-state index in [4.69, 9.17) is 25.8 Å². The van der Waals surface area contributed by atoms with Crippen LogP contribution >= 0.6 is 11.6 Å². The number of aliphatic hydroxyl groups excluding tert-OH is 1. The first kappa shape index (κ1) is 33.5. The van der Waals surface area contributed by atoms with Crippen molar-refractivity contribution in [1.29, 1.82) is 0 Å². The van der Waals surface area contributed by atoms with Crippen molar-refractivity contribution in [2.45, 2.75) is 69.1 Å². The highest BCUT2D eigenvalue weighted by molar-refractivity contribution is 6.33. The summed E-state index contributed by atoms with van der Waals surface area (Å²) in [7, 11) is 6.00. The van der Waals surface area contributed by atoms with Crippen molar-refractivity contribution in [2.24, 2.45) is 0 Å². The van der Waals surface area contributed by atoms with E-state index in [1.165, 1.54) is 7.11 Å². The second kappa shape index (κ2) is 13.8. The maximum Gasteiger partial charge on any atom is 0.411 e. The summed E-state index contributed by atoms with van der Waals surface area (Å²) in [4.78, 5) is 25.9. The first-order chi connectivity index (χ1) is 21.2. The number of halogens is 2. The van der Waals surface area contributed by atoms with Crippen LogP contribution in [0.2, 0.25) is 5.02 Å².